The predicted octanol–water partition coefficient (Wildman–Crippen LogP) is 5.25. The van der Waals surface area contributed by atoms with Crippen LogP contribution in [0.4, 0.5) is 6.01 Å². The van der Waals surface area contributed by atoms with Crippen LogP contribution in [0.5, 0.6) is 11.5 Å². The second-order valence-electron chi connectivity index (χ2n) is 12.4. The number of hydrogen-bond donors (Lipinski definition) is 4. The molecule has 49 heavy (non-hydrogen) atoms. The molecule has 2 aromatic heterocycles. The summed E-state index contributed by atoms with van der Waals surface area (Å²) >= 11 is 6.72. The minimum Gasteiger partial charge on any atom is -0.488 e. The summed E-state index contributed by atoms with van der Waals surface area (Å²) in [7, 11) is 0. The molecule has 3 aromatic carbocycles. The molecule has 1 aliphatic heterocycles. The van der Waals surface area contributed by atoms with E-state index in [4.69, 9.17) is 36.2 Å². The average molecular weight is 683 g/mol. The Balaban J connectivity index is 1.22. The summed E-state index contributed by atoms with van der Waals surface area (Å²) in [6.07, 6.45) is 4.03. The van der Waals surface area contributed by atoms with Crippen molar-refractivity contribution in [2.24, 2.45) is 5.73 Å². The molecule has 6 rings (SSSR count). The van der Waals surface area contributed by atoms with Gasteiger partial charge in [0.25, 0.3) is 6.01 Å². The summed E-state index contributed by atoms with van der Waals surface area (Å²) < 4.78 is 18.6. The van der Waals surface area contributed by atoms with Gasteiger partial charge in [0.05, 0.1) is 29.8 Å². The van der Waals surface area contributed by atoms with Crippen LogP contribution in [-0.2, 0) is 19.8 Å². The zero-order chi connectivity index (χ0) is 34.5. The molecule has 11 nitrogen and oxygen atoms in total. The molecule has 0 unspecified atom stereocenters. The highest BCUT2D eigenvalue weighted by molar-refractivity contribution is 6.32. The fourth-order valence-electron chi connectivity index (χ4n) is 6.04. The Morgan fingerprint density at radius 2 is 1.90 bits per heavy atom. The van der Waals surface area contributed by atoms with Crippen molar-refractivity contribution in [3.05, 3.63) is 99.8 Å². The highest BCUT2D eigenvalue weighted by atomic mass is 35.5. The molecule has 0 bridgehead atoms. The molecule has 5 aromatic rings. The summed E-state index contributed by atoms with van der Waals surface area (Å²) in [6.45, 7) is 5.15. The SMILES string of the molecule is Cc1c(COc2cc(OCc3cncc(C#N)c3)c(CNC(CO)CO)cc2Cl)cccc1-c1ccc2oc(N3C[C@@H](N)C[C@H]3C)nc2c1. The van der Waals surface area contributed by atoms with Crippen molar-refractivity contribution < 1.29 is 24.1 Å². The van der Waals surface area contributed by atoms with Crippen molar-refractivity contribution in [3.63, 3.8) is 0 Å². The second kappa shape index (κ2) is 15.2. The molecular weight excluding hydrogens is 644 g/mol. The maximum Gasteiger partial charge on any atom is 0.298 e. The lowest BCUT2D eigenvalue weighted by Gasteiger charge is -2.19. The largest absolute Gasteiger partial charge is 0.488 e. The molecule has 0 spiro atoms. The van der Waals surface area contributed by atoms with Crippen LogP contribution in [0, 0.1) is 18.3 Å². The zero-order valence-electron chi connectivity index (χ0n) is 27.4. The number of nitrogens with one attached hydrogen (secondary N) is 1. The lowest BCUT2D eigenvalue weighted by atomic mass is 9.96. The quantitative estimate of drug-likeness (QED) is 0.128. The number of anilines is 1. The summed E-state index contributed by atoms with van der Waals surface area (Å²) in [6, 6.07) is 19.9. The Hall–Kier alpha value is -4.70. The number of pyridine rings is 1. The molecule has 254 valence electrons. The Morgan fingerprint density at radius 1 is 1.08 bits per heavy atom. The van der Waals surface area contributed by atoms with E-state index >= 15 is 0 Å². The van der Waals surface area contributed by atoms with Gasteiger partial charge >= 0.3 is 0 Å². The zero-order valence-corrected chi connectivity index (χ0v) is 28.2. The van der Waals surface area contributed by atoms with E-state index in [0.29, 0.717) is 33.7 Å². The summed E-state index contributed by atoms with van der Waals surface area (Å²) in [5.41, 5.74) is 13.7. The van der Waals surface area contributed by atoms with Crippen LogP contribution >= 0.6 is 11.6 Å². The molecule has 0 amide bonds. The number of hydrogen-bond acceptors (Lipinski definition) is 11. The van der Waals surface area contributed by atoms with Crippen LogP contribution in [0.1, 0.15) is 41.2 Å². The van der Waals surface area contributed by atoms with Gasteiger partial charge < -0.3 is 40.1 Å². The minimum absolute atomic E-state index is 0.110. The molecular formula is C37H39ClN6O5. The number of aliphatic hydroxyl groups is 2. The lowest BCUT2D eigenvalue weighted by Crippen LogP contribution is -2.35. The van der Waals surface area contributed by atoms with Crippen molar-refractivity contribution >= 4 is 28.7 Å². The van der Waals surface area contributed by atoms with Gasteiger partial charge in [0, 0.05) is 54.8 Å². The van der Waals surface area contributed by atoms with Crippen molar-refractivity contribution in [3.8, 4) is 28.7 Å². The number of oxazole rings is 1. The highest BCUT2D eigenvalue weighted by Gasteiger charge is 2.30. The van der Waals surface area contributed by atoms with Gasteiger partial charge in [0.2, 0.25) is 0 Å². The number of halogens is 1. The van der Waals surface area contributed by atoms with Crippen molar-refractivity contribution in [2.45, 2.75) is 58.2 Å². The number of benzene rings is 3. The fraction of sp³-hybridized carbons (Fsp3) is 0.324. The highest BCUT2D eigenvalue weighted by Crippen LogP contribution is 2.36. The second-order valence-corrected chi connectivity index (χ2v) is 12.8. The van der Waals surface area contributed by atoms with Gasteiger partial charge in [-0.15, -0.1) is 0 Å². The van der Waals surface area contributed by atoms with E-state index in [1.165, 1.54) is 6.20 Å². The smallest absolute Gasteiger partial charge is 0.298 e. The maximum absolute atomic E-state index is 9.53. The maximum atomic E-state index is 9.53. The first kappa shape index (κ1) is 34.2. The van der Waals surface area contributed by atoms with E-state index < -0.39 is 6.04 Å². The molecule has 5 N–H and O–H groups in total. The van der Waals surface area contributed by atoms with Crippen molar-refractivity contribution in [2.75, 3.05) is 24.7 Å². The Morgan fingerprint density at radius 3 is 2.65 bits per heavy atom. The summed E-state index contributed by atoms with van der Waals surface area (Å²) in [5, 5.41) is 31.8. The van der Waals surface area contributed by atoms with Gasteiger partial charge in [0.1, 0.15) is 36.3 Å². The number of aliphatic hydroxyl groups excluding tert-OH is 2. The van der Waals surface area contributed by atoms with Gasteiger partial charge in [-0.05, 0) is 66.8 Å². The van der Waals surface area contributed by atoms with E-state index in [-0.39, 0.29) is 45.1 Å². The first-order chi connectivity index (χ1) is 23.8. The standard InChI is InChI=1S/C37H39ClN6O5/c1-22-8-29(40)17-44(22)37-43-33-11-26(6-7-34(33)49-37)31-5-3-4-27(23(31)2)21-48-36-12-35(47-20-25-9-24(13-39)14-41-15-25)28(10-32(36)38)16-42-30(18-45)19-46/h3-7,9-12,14-15,22,29-30,42,45-46H,8,16-21,40H2,1-2H3/t22-,29+/m1/s1. The van der Waals surface area contributed by atoms with Crippen molar-refractivity contribution in [1.82, 2.24) is 15.3 Å². The molecule has 12 heteroatoms. The number of fused-ring (bicyclic) bond motifs is 1. The van der Waals surface area contributed by atoms with E-state index in [0.717, 1.165) is 51.9 Å². The van der Waals surface area contributed by atoms with Crippen LogP contribution in [-0.4, -0.2) is 58.1 Å². The minimum atomic E-state index is -0.506. The number of rotatable bonds is 13. The number of aromatic nitrogens is 2. The molecule has 1 fully saturated rings. The van der Waals surface area contributed by atoms with Gasteiger partial charge in [-0.2, -0.15) is 10.2 Å². The van der Waals surface area contributed by atoms with Crippen LogP contribution in [0.15, 0.2) is 71.4 Å². The van der Waals surface area contributed by atoms with Gasteiger partial charge in [-0.1, -0.05) is 35.9 Å². The lowest BCUT2D eigenvalue weighted by molar-refractivity contribution is 0.170. The molecule has 1 aliphatic rings. The first-order valence-corrected chi connectivity index (χ1v) is 16.5. The van der Waals surface area contributed by atoms with Crippen LogP contribution in [0.2, 0.25) is 5.02 Å². The van der Waals surface area contributed by atoms with Crippen LogP contribution in [0.25, 0.3) is 22.2 Å². The Kier molecular flexibility index (Phi) is 10.6. The van der Waals surface area contributed by atoms with Crippen LogP contribution in [0.3, 0.4) is 0 Å². The Labute approximate surface area is 289 Å². The van der Waals surface area contributed by atoms with Crippen LogP contribution < -0.4 is 25.4 Å². The third kappa shape index (κ3) is 7.80. The predicted molar refractivity (Wildman–Crippen MR) is 187 cm³/mol. The molecule has 0 radical (unpaired) electrons. The summed E-state index contributed by atoms with van der Waals surface area (Å²) in [5.74, 6) is 0.933. The average Bonchev–Trinajstić information content (AvgIpc) is 3.69. The molecule has 3 heterocycles. The molecule has 0 aliphatic carbocycles. The molecule has 2 atom stereocenters. The monoisotopic (exact) mass is 682 g/mol. The van der Waals surface area contributed by atoms with E-state index in [2.05, 4.69) is 41.2 Å². The topological polar surface area (TPSA) is 163 Å². The number of nitrogens with two attached hydrogens (primary N) is 1. The van der Waals surface area contributed by atoms with Gasteiger partial charge in [0.15, 0.2) is 5.58 Å². The third-order valence-electron chi connectivity index (χ3n) is 8.82. The number of nitrogens with zero attached hydrogens (tertiary/aromatic N) is 4. The molecule has 1 saturated heterocycles. The third-order valence-corrected chi connectivity index (χ3v) is 9.12. The van der Waals surface area contributed by atoms with E-state index in [1.54, 1.807) is 24.4 Å². The van der Waals surface area contributed by atoms with Gasteiger partial charge in [-0.25, -0.2) is 0 Å². The van der Waals surface area contributed by atoms with Crippen molar-refractivity contribution in [1.29, 1.82) is 5.26 Å². The normalized spacial score (nSPS) is 16.0. The van der Waals surface area contributed by atoms with E-state index in [1.807, 2.05) is 30.3 Å². The Bertz CT molecular complexity index is 1970. The first-order valence-electron chi connectivity index (χ1n) is 16.1. The fourth-order valence-corrected chi connectivity index (χ4v) is 6.28. The van der Waals surface area contributed by atoms with E-state index in [9.17, 15) is 15.5 Å². The van der Waals surface area contributed by atoms with Gasteiger partial charge in [-0.3, -0.25) is 4.98 Å². The molecule has 0 saturated carbocycles. The number of ether oxygens (including phenoxy) is 2. The number of nitriles is 1. The summed E-state index contributed by atoms with van der Waals surface area (Å²) in [4.78, 5) is 11.0.